The van der Waals surface area contributed by atoms with Gasteiger partial charge in [0.15, 0.2) is 0 Å². The van der Waals surface area contributed by atoms with E-state index in [-0.39, 0.29) is 5.41 Å². The molecule has 1 aliphatic rings. The third-order valence-corrected chi connectivity index (χ3v) is 8.58. The number of benzene rings is 6. The van der Waals surface area contributed by atoms with E-state index in [4.69, 9.17) is 0 Å². The summed E-state index contributed by atoms with van der Waals surface area (Å²) in [6.45, 7) is 4.74. The maximum atomic E-state index is 3.73. The average Bonchev–Trinajstić information content (AvgIpc) is 3.45. The first-order valence-corrected chi connectivity index (χ1v) is 13.4. The molecule has 1 heterocycles. The van der Waals surface area contributed by atoms with Crippen molar-refractivity contribution < 1.29 is 0 Å². The molecule has 180 valence electrons. The van der Waals surface area contributed by atoms with Crippen molar-refractivity contribution in [2.75, 3.05) is 0 Å². The summed E-state index contributed by atoms with van der Waals surface area (Å²) in [6, 6.07) is 44.4. The Kier molecular flexibility index (Phi) is 4.35. The molecule has 0 saturated carbocycles. The molecule has 0 unspecified atom stereocenters. The molecule has 6 aromatic carbocycles. The summed E-state index contributed by atoms with van der Waals surface area (Å²) in [5.74, 6) is 0. The van der Waals surface area contributed by atoms with E-state index in [0.717, 1.165) is 0 Å². The van der Waals surface area contributed by atoms with E-state index in [1.165, 1.54) is 77.1 Å². The van der Waals surface area contributed by atoms with Gasteiger partial charge in [-0.2, -0.15) is 0 Å². The van der Waals surface area contributed by atoms with Crippen LogP contribution < -0.4 is 0 Å². The van der Waals surface area contributed by atoms with E-state index >= 15 is 0 Å². The summed E-state index contributed by atoms with van der Waals surface area (Å²) in [6.07, 6.45) is 0. The highest BCUT2D eigenvalue weighted by molar-refractivity contribution is 6.21. The predicted octanol–water partition coefficient (Wildman–Crippen LogP) is 10.1. The number of aromatic amines is 1. The summed E-state index contributed by atoms with van der Waals surface area (Å²) >= 11 is 0. The van der Waals surface area contributed by atoms with Gasteiger partial charge in [0.1, 0.15) is 0 Å². The first-order valence-electron chi connectivity index (χ1n) is 13.4. The second kappa shape index (κ2) is 7.69. The third-order valence-electron chi connectivity index (χ3n) is 8.58. The molecule has 0 fully saturated rings. The minimum atomic E-state index is -0.0874. The van der Waals surface area contributed by atoms with Gasteiger partial charge in [0, 0.05) is 21.9 Å². The summed E-state index contributed by atoms with van der Waals surface area (Å²) in [5, 5.41) is 6.51. The molecule has 1 aromatic heterocycles. The fourth-order valence-electron chi connectivity index (χ4n) is 6.92. The average molecular weight is 486 g/mol. The van der Waals surface area contributed by atoms with Crippen LogP contribution in [-0.2, 0) is 5.41 Å². The van der Waals surface area contributed by atoms with Crippen LogP contribution in [0.15, 0.2) is 121 Å². The second-order valence-electron chi connectivity index (χ2n) is 11.0. The Balaban J connectivity index is 1.44. The lowest BCUT2D eigenvalue weighted by Gasteiger charge is -2.23. The van der Waals surface area contributed by atoms with Crippen LogP contribution >= 0.6 is 0 Å². The van der Waals surface area contributed by atoms with Gasteiger partial charge in [-0.1, -0.05) is 123 Å². The second-order valence-corrected chi connectivity index (χ2v) is 11.0. The highest BCUT2D eigenvalue weighted by Gasteiger charge is 2.38. The molecule has 0 amide bonds. The maximum Gasteiger partial charge on any atom is 0.0509 e. The van der Waals surface area contributed by atoms with Gasteiger partial charge in [-0.3, -0.25) is 0 Å². The fourth-order valence-corrected chi connectivity index (χ4v) is 6.92. The Hall–Kier alpha value is -4.62. The first kappa shape index (κ1) is 21.5. The largest absolute Gasteiger partial charge is 0.354 e. The van der Waals surface area contributed by atoms with Crippen LogP contribution in [-0.4, -0.2) is 4.98 Å². The maximum absolute atomic E-state index is 3.73. The summed E-state index contributed by atoms with van der Waals surface area (Å²) in [7, 11) is 0. The highest BCUT2D eigenvalue weighted by atomic mass is 14.7. The number of hydrogen-bond donors (Lipinski definition) is 1. The van der Waals surface area contributed by atoms with Crippen LogP contribution in [0.25, 0.3) is 66.0 Å². The Morgan fingerprint density at radius 3 is 1.66 bits per heavy atom. The molecule has 0 aliphatic heterocycles. The van der Waals surface area contributed by atoms with Gasteiger partial charge in [-0.25, -0.2) is 0 Å². The Morgan fingerprint density at radius 1 is 0.500 bits per heavy atom. The number of hydrogen-bond acceptors (Lipinski definition) is 0. The number of aromatic nitrogens is 1. The van der Waals surface area contributed by atoms with Crippen molar-refractivity contribution in [3.8, 4) is 33.5 Å². The number of rotatable bonds is 2. The van der Waals surface area contributed by atoms with Crippen molar-refractivity contribution in [3.63, 3.8) is 0 Å². The summed E-state index contributed by atoms with van der Waals surface area (Å²) in [5.41, 5.74) is 11.7. The number of H-pyrrole nitrogens is 1. The molecule has 8 rings (SSSR count). The van der Waals surface area contributed by atoms with Crippen LogP contribution in [0, 0.1) is 0 Å². The van der Waals surface area contributed by atoms with E-state index in [0.29, 0.717) is 0 Å². The van der Waals surface area contributed by atoms with Crippen molar-refractivity contribution in [2.24, 2.45) is 0 Å². The monoisotopic (exact) mass is 485 g/mol. The predicted molar refractivity (Wildman–Crippen MR) is 162 cm³/mol. The molecular formula is C37H27N. The van der Waals surface area contributed by atoms with Gasteiger partial charge in [-0.15, -0.1) is 0 Å². The van der Waals surface area contributed by atoms with Gasteiger partial charge < -0.3 is 4.98 Å². The lowest BCUT2D eigenvalue weighted by molar-refractivity contribution is 0.667. The molecule has 7 aromatic rings. The topological polar surface area (TPSA) is 15.8 Å². The molecule has 0 radical (unpaired) electrons. The van der Waals surface area contributed by atoms with Gasteiger partial charge in [-0.05, 0) is 67.1 Å². The minimum Gasteiger partial charge on any atom is -0.354 e. The van der Waals surface area contributed by atoms with E-state index in [9.17, 15) is 0 Å². The van der Waals surface area contributed by atoms with E-state index < -0.39 is 0 Å². The lowest BCUT2D eigenvalue weighted by atomic mass is 9.79. The van der Waals surface area contributed by atoms with Crippen LogP contribution in [0.5, 0.6) is 0 Å². The molecule has 0 saturated heterocycles. The van der Waals surface area contributed by atoms with Crippen molar-refractivity contribution in [3.05, 3.63) is 132 Å². The molecule has 1 aliphatic carbocycles. The Bertz CT molecular complexity index is 1980. The van der Waals surface area contributed by atoms with Crippen molar-refractivity contribution in [1.29, 1.82) is 0 Å². The molecule has 0 bridgehead atoms. The molecule has 38 heavy (non-hydrogen) atoms. The first-order chi connectivity index (χ1) is 18.6. The Morgan fingerprint density at radius 2 is 1.03 bits per heavy atom. The molecule has 1 heteroatoms. The summed E-state index contributed by atoms with van der Waals surface area (Å²) in [4.78, 5) is 3.73. The zero-order valence-electron chi connectivity index (χ0n) is 21.5. The number of nitrogens with one attached hydrogen (secondary N) is 1. The Labute approximate surface area is 222 Å². The van der Waals surface area contributed by atoms with Gasteiger partial charge >= 0.3 is 0 Å². The molecule has 1 nitrogen and oxygen atoms in total. The zero-order valence-corrected chi connectivity index (χ0v) is 21.5. The standard InChI is InChI=1S/C37H27N/c1-37(2)31-22-24(20-21-29(31)36-35(37)30-18-10-11-19-32(30)38-36)34-27-16-8-6-14-25(27)33(23-12-4-3-5-13-23)26-15-7-9-17-28(26)34/h3-22,38H,1-2H3. The smallest absolute Gasteiger partial charge is 0.0509 e. The van der Waals surface area contributed by atoms with Crippen LogP contribution in [0.3, 0.4) is 0 Å². The fraction of sp³-hybridized carbons (Fsp3) is 0.0811. The quantitative estimate of drug-likeness (QED) is 0.234. The number of fused-ring (bicyclic) bond motifs is 7. The minimum absolute atomic E-state index is 0.0874. The third kappa shape index (κ3) is 2.82. The highest BCUT2D eigenvalue weighted by Crippen LogP contribution is 2.53. The summed E-state index contributed by atoms with van der Waals surface area (Å²) < 4.78 is 0. The molecule has 0 atom stereocenters. The molecule has 1 N–H and O–H groups in total. The van der Waals surface area contributed by atoms with E-state index in [2.05, 4.69) is 140 Å². The van der Waals surface area contributed by atoms with Crippen molar-refractivity contribution >= 4 is 32.4 Å². The zero-order chi connectivity index (χ0) is 25.4. The van der Waals surface area contributed by atoms with Crippen molar-refractivity contribution in [1.82, 2.24) is 4.98 Å². The lowest BCUT2D eigenvalue weighted by Crippen LogP contribution is -2.15. The van der Waals surface area contributed by atoms with E-state index in [1.54, 1.807) is 0 Å². The van der Waals surface area contributed by atoms with Crippen LogP contribution in [0.1, 0.15) is 25.0 Å². The van der Waals surface area contributed by atoms with Gasteiger partial charge in [0.2, 0.25) is 0 Å². The molecular weight excluding hydrogens is 458 g/mol. The van der Waals surface area contributed by atoms with Crippen LogP contribution in [0.4, 0.5) is 0 Å². The molecule has 0 spiro atoms. The van der Waals surface area contributed by atoms with E-state index in [1.807, 2.05) is 0 Å². The van der Waals surface area contributed by atoms with Crippen molar-refractivity contribution in [2.45, 2.75) is 19.3 Å². The van der Waals surface area contributed by atoms with Crippen LogP contribution in [0.2, 0.25) is 0 Å². The van der Waals surface area contributed by atoms with Gasteiger partial charge in [0.25, 0.3) is 0 Å². The SMILES string of the molecule is CC1(C)c2cc(-c3c4ccccc4c(-c4ccccc4)c4ccccc34)ccc2-c2[nH]c3ccccc3c21. The normalized spacial score (nSPS) is 13.7. The number of para-hydroxylation sites is 1. The van der Waals surface area contributed by atoms with Gasteiger partial charge in [0.05, 0.1) is 5.69 Å².